The van der Waals surface area contributed by atoms with Crippen molar-refractivity contribution in [2.75, 3.05) is 5.73 Å². The van der Waals surface area contributed by atoms with E-state index in [-0.39, 0.29) is 5.69 Å². The van der Waals surface area contributed by atoms with E-state index in [0.29, 0.717) is 11.1 Å². The third-order valence-electron chi connectivity index (χ3n) is 1.48. The van der Waals surface area contributed by atoms with Crippen LogP contribution in [0.4, 0.5) is 10.1 Å². The Morgan fingerprint density at radius 3 is 3.09 bits per heavy atom. The lowest BCUT2D eigenvalue weighted by Crippen LogP contribution is -1.89. The number of nitrogens with zero attached hydrogens (tertiary/aromatic N) is 1. The Labute approximate surface area is 61.6 Å². The van der Waals surface area contributed by atoms with E-state index >= 15 is 0 Å². The van der Waals surface area contributed by atoms with Crippen molar-refractivity contribution in [3.05, 3.63) is 24.3 Å². The van der Waals surface area contributed by atoms with Gasteiger partial charge in [0.15, 0.2) is 12.0 Å². The zero-order valence-electron chi connectivity index (χ0n) is 5.54. The molecule has 0 amide bonds. The number of nitrogen functional groups attached to an aromatic ring is 1. The van der Waals surface area contributed by atoms with Crippen LogP contribution in [-0.4, -0.2) is 4.98 Å². The van der Waals surface area contributed by atoms with Crippen molar-refractivity contribution in [3.63, 3.8) is 0 Å². The third-order valence-corrected chi connectivity index (χ3v) is 1.48. The van der Waals surface area contributed by atoms with Crippen LogP contribution in [-0.2, 0) is 0 Å². The third kappa shape index (κ3) is 0.756. The van der Waals surface area contributed by atoms with E-state index in [9.17, 15) is 4.39 Å². The van der Waals surface area contributed by atoms with E-state index in [1.807, 2.05) is 0 Å². The van der Waals surface area contributed by atoms with Crippen molar-refractivity contribution >= 4 is 16.8 Å². The summed E-state index contributed by atoms with van der Waals surface area (Å²) < 4.78 is 17.6. The maximum atomic E-state index is 12.7. The minimum Gasteiger partial charge on any atom is -0.441 e. The molecule has 0 aliphatic rings. The summed E-state index contributed by atoms with van der Waals surface area (Å²) in [5, 5.41) is 0. The molecule has 1 aromatic carbocycles. The average molecular weight is 152 g/mol. The SMILES string of the molecule is Nc1c(F)ccc2ncoc12. The Morgan fingerprint density at radius 1 is 1.45 bits per heavy atom. The molecule has 0 aliphatic carbocycles. The largest absolute Gasteiger partial charge is 0.441 e. The number of halogens is 1. The Morgan fingerprint density at radius 2 is 2.27 bits per heavy atom. The van der Waals surface area contributed by atoms with Crippen LogP contribution < -0.4 is 5.73 Å². The number of aromatic nitrogens is 1. The van der Waals surface area contributed by atoms with Gasteiger partial charge in [0.25, 0.3) is 0 Å². The van der Waals surface area contributed by atoms with Crippen LogP contribution in [0.2, 0.25) is 0 Å². The van der Waals surface area contributed by atoms with Crippen LogP contribution in [0.25, 0.3) is 11.1 Å². The van der Waals surface area contributed by atoms with E-state index in [2.05, 4.69) is 4.98 Å². The van der Waals surface area contributed by atoms with E-state index in [0.717, 1.165) is 0 Å². The lowest BCUT2D eigenvalue weighted by molar-refractivity contribution is 0.594. The van der Waals surface area contributed by atoms with Gasteiger partial charge in [0.2, 0.25) is 0 Å². The van der Waals surface area contributed by atoms with Gasteiger partial charge >= 0.3 is 0 Å². The van der Waals surface area contributed by atoms with E-state index in [4.69, 9.17) is 10.2 Å². The maximum Gasteiger partial charge on any atom is 0.182 e. The molecule has 1 aromatic heterocycles. The first-order valence-corrected chi connectivity index (χ1v) is 3.06. The molecule has 0 bridgehead atoms. The van der Waals surface area contributed by atoms with Crippen molar-refractivity contribution in [1.82, 2.24) is 4.98 Å². The van der Waals surface area contributed by atoms with Crippen LogP contribution >= 0.6 is 0 Å². The highest BCUT2D eigenvalue weighted by Gasteiger charge is 2.06. The highest BCUT2D eigenvalue weighted by atomic mass is 19.1. The van der Waals surface area contributed by atoms with Crippen molar-refractivity contribution < 1.29 is 8.81 Å². The second-order valence-electron chi connectivity index (χ2n) is 2.16. The number of fused-ring (bicyclic) bond motifs is 1. The lowest BCUT2D eigenvalue weighted by atomic mass is 10.3. The van der Waals surface area contributed by atoms with Crippen molar-refractivity contribution in [1.29, 1.82) is 0 Å². The Balaban J connectivity index is 2.93. The van der Waals surface area contributed by atoms with Crippen molar-refractivity contribution in [3.8, 4) is 0 Å². The molecule has 2 aromatic rings. The summed E-state index contributed by atoms with van der Waals surface area (Å²) in [7, 11) is 0. The highest BCUT2D eigenvalue weighted by Crippen LogP contribution is 2.21. The molecule has 3 nitrogen and oxygen atoms in total. The number of benzene rings is 1. The zero-order chi connectivity index (χ0) is 7.84. The number of rotatable bonds is 0. The van der Waals surface area contributed by atoms with Gasteiger partial charge in [-0.25, -0.2) is 9.37 Å². The van der Waals surface area contributed by atoms with Gasteiger partial charge in [0.05, 0.1) is 0 Å². The first-order valence-electron chi connectivity index (χ1n) is 3.06. The molecule has 11 heavy (non-hydrogen) atoms. The predicted molar refractivity (Wildman–Crippen MR) is 38.4 cm³/mol. The first kappa shape index (κ1) is 6.15. The molecule has 4 heteroatoms. The molecule has 0 saturated carbocycles. The summed E-state index contributed by atoms with van der Waals surface area (Å²) in [6.45, 7) is 0. The van der Waals surface area contributed by atoms with Crippen LogP contribution in [0.15, 0.2) is 22.9 Å². The second-order valence-corrected chi connectivity index (χ2v) is 2.16. The summed E-state index contributed by atoms with van der Waals surface area (Å²) in [6.07, 6.45) is 1.24. The van der Waals surface area contributed by atoms with Crippen LogP contribution in [0.1, 0.15) is 0 Å². The number of nitrogens with two attached hydrogens (primary N) is 1. The molecule has 0 aliphatic heterocycles. The average Bonchev–Trinajstić information content (AvgIpc) is 2.45. The normalized spacial score (nSPS) is 10.6. The fourth-order valence-corrected chi connectivity index (χ4v) is 0.925. The van der Waals surface area contributed by atoms with Gasteiger partial charge in [-0.2, -0.15) is 0 Å². The fraction of sp³-hybridized carbons (Fsp3) is 0. The van der Waals surface area contributed by atoms with Crippen molar-refractivity contribution in [2.24, 2.45) is 0 Å². The summed E-state index contributed by atoms with van der Waals surface area (Å²) in [6, 6.07) is 2.78. The van der Waals surface area contributed by atoms with Gasteiger partial charge in [0.1, 0.15) is 17.0 Å². The summed E-state index contributed by atoms with van der Waals surface area (Å²) >= 11 is 0. The Bertz CT molecular complexity index is 396. The smallest absolute Gasteiger partial charge is 0.182 e. The van der Waals surface area contributed by atoms with Crippen LogP contribution in [0, 0.1) is 5.82 Å². The van der Waals surface area contributed by atoms with Crippen LogP contribution in [0.3, 0.4) is 0 Å². The van der Waals surface area contributed by atoms with Gasteiger partial charge in [-0.1, -0.05) is 0 Å². The molecule has 2 rings (SSSR count). The molecular formula is C7H5FN2O. The van der Waals surface area contributed by atoms with Gasteiger partial charge in [-0.15, -0.1) is 0 Å². The quantitative estimate of drug-likeness (QED) is 0.582. The number of hydrogen-bond acceptors (Lipinski definition) is 3. The number of hydrogen-bond donors (Lipinski definition) is 1. The molecule has 56 valence electrons. The first-order chi connectivity index (χ1) is 5.29. The maximum absolute atomic E-state index is 12.7. The standard InChI is InChI=1S/C7H5FN2O/c8-4-1-2-5-7(6(4)9)11-3-10-5/h1-3H,9H2. The van der Waals surface area contributed by atoms with Crippen LogP contribution in [0.5, 0.6) is 0 Å². The summed E-state index contributed by atoms with van der Waals surface area (Å²) in [5.74, 6) is -0.478. The van der Waals surface area contributed by atoms with Gasteiger partial charge in [0, 0.05) is 0 Å². The molecule has 0 radical (unpaired) electrons. The van der Waals surface area contributed by atoms with Gasteiger partial charge in [-0.3, -0.25) is 0 Å². The number of oxazole rings is 1. The minimum atomic E-state index is -0.478. The van der Waals surface area contributed by atoms with E-state index in [1.54, 1.807) is 0 Å². The molecule has 2 N–H and O–H groups in total. The highest BCUT2D eigenvalue weighted by molar-refractivity contribution is 5.84. The molecular weight excluding hydrogens is 147 g/mol. The lowest BCUT2D eigenvalue weighted by Gasteiger charge is -1.93. The summed E-state index contributed by atoms with van der Waals surface area (Å²) in [5.41, 5.74) is 6.25. The van der Waals surface area contributed by atoms with Gasteiger partial charge < -0.3 is 10.2 Å². The number of anilines is 1. The molecule has 0 fully saturated rings. The molecule has 0 spiro atoms. The molecule has 0 atom stereocenters. The Hall–Kier alpha value is -1.58. The van der Waals surface area contributed by atoms with Gasteiger partial charge in [-0.05, 0) is 12.1 Å². The van der Waals surface area contributed by atoms with Crippen molar-refractivity contribution in [2.45, 2.75) is 0 Å². The monoisotopic (exact) mass is 152 g/mol. The predicted octanol–water partition coefficient (Wildman–Crippen LogP) is 1.55. The molecule has 0 unspecified atom stereocenters. The fourth-order valence-electron chi connectivity index (χ4n) is 0.925. The zero-order valence-corrected chi connectivity index (χ0v) is 5.54. The summed E-state index contributed by atoms with van der Waals surface area (Å²) in [4.78, 5) is 3.81. The molecule has 1 heterocycles. The van der Waals surface area contributed by atoms with E-state index in [1.165, 1.54) is 18.5 Å². The molecule has 0 saturated heterocycles. The second kappa shape index (κ2) is 1.95. The minimum absolute atomic E-state index is 0.0139. The van der Waals surface area contributed by atoms with E-state index < -0.39 is 5.82 Å². The topological polar surface area (TPSA) is 52.0 Å². The Kier molecular flexibility index (Phi) is 1.09.